The minimum absolute atomic E-state index is 0. The van der Waals surface area contributed by atoms with Crippen LogP contribution in [0, 0.1) is 11.6 Å². The summed E-state index contributed by atoms with van der Waals surface area (Å²) in [6, 6.07) is 11.1. The minimum Gasteiger partial charge on any atom is -0.480 e. The van der Waals surface area contributed by atoms with Gasteiger partial charge in [0.2, 0.25) is 5.91 Å². The summed E-state index contributed by atoms with van der Waals surface area (Å²) in [6.07, 6.45) is 6.95. The first-order chi connectivity index (χ1) is 35.2. The highest BCUT2D eigenvalue weighted by molar-refractivity contribution is 14.1. The summed E-state index contributed by atoms with van der Waals surface area (Å²) in [5.74, 6) is -1.97. The number of aromatic nitrogens is 10. The van der Waals surface area contributed by atoms with E-state index in [0.29, 0.717) is 49.9 Å². The maximum Gasteiger partial charge on any atom is 0.332 e. The average molecular weight is 1310 g/mol. The van der Waals surface area contributed by atoms with Gasteiger partial charge in [-0.05, 0) is 68.7 Å². The second-order valence-corrected chi connectivity index (χ2v) is 19.0. The third-order valence-corrected chi connectivity index (χ3v) is 14.0. The molecule has 0 unspecified atom stereocenters. The van der Waals surface area contributed by atoms with Crippen LogP contribution in [0.1, 0.15) is 40.9 Å². The van der Waals surface area contributed by atoms with Crippen molar-refractivity contribution >= 4 is 145 Å². The van der Waals surface area contributed by atoms with Gasteiger partial charge < -0.3 is 35.1 Å². The van der Waals surface area contributed by atoms with E-state index in [1.807, 2.05) is 46.2 Å². The fourth-order valence-corrected chi connectivity index (χ4v) is 10.1. The number of carbonyl (C=O) groups is 2. The molecule has 21 nitrogen and oxygen atoms in total. The number of amides is 1. The number of nitrogen functional groups attached to an aromatic ring is 1. The standard InChI is InChI=1S/C23H24FN7O3S.C14H16FN3S.C9H10N4O4.CH3I.BrH.2H2S/c1-13-5-4-8-31(13)17-7-6-14(9-15(17)24)16-11-35-22(26-16)27-18(32)10-30-12-25-20-19(30)21(33)29(3)23(34)28(20)2;1-9-3-2-6-18(9)13-5-4-10(7-11(13)15)12-8-19-14(16)17-12;1-11-7-6(8(16)12(2)9(11)17)13(4-10-7)3-5(14)15;1-2;;;/h6-7,9,11-13H,4-5,8,10H2,1-3H3,(H,26,27,32);4-5,7-9H,2-3,6H2,1H3,(H2,16,17);4H,3H2,1-2H3,(H,14,15);1H3;1H;2*1H2/t13-;9-;;;;;/m00...../s1/i;;;1D;;;. The van der Waals surface area contributed by atoms with Gasteiger partial charge in [-0.1, -0.05) is 34.7 Å². The Hall–Kier alpha value is -5.89. The zero-order valence-corrected chi connectivity index (χ0v) is 49.5. The summed E-state index contributed by atoms with van der Waals surface area (Å²) in [5, 5.41) is 15.9. The molecule has 8 aromatic rings. The molecule has 0 bridgehead atoms. The molecule has 8 heterocycles. The van der Waals surface area contributed by atoms with Crippen molar-refractivity contribution in [1.29, 1.82) is 0 Å². The molecule has 0 spiro atoms. The third kappa shape index (κ3) is 13.3. The van der Waals surface area contributed by atoms with E-state index in [0.717, 1.165) is 59.2 Å². The number of nitrogens with two attached hydrogens (primary N) is 1. The van der Waals surface area contributed by atoms with Gasteiger partial charge in [0.15, 0.2) is 32.6 Å². The normalized spacial score (nSPS) is 14.7. The Morgan fingerprint density at radius 3 is 1.58 bits per heavy atom. The van der Waals surface area contributed by atoms with Gasteiger partial charge in [-0.2, -0.15) is 27.0 Å². The number of alkyl halides is 1. The van der Waals surface area contributed by atoms with Crippen molar-refractivity contribution in [3.05, 3.63) is 113 Å². The first-order valence-electron chi connectivity index (χ1n) is 23.3. The van der Waals surface area contributed by atoms with E-state index in [1.54, 1.807) is 17.5 Å². The summed E-state index contributed by atoms with van der Waals surface area (Å²) < 4.78 is 42.3. The Morgan fingerprint density at radius 1 is 0.750 bits per heavy atom. The molecule has 4 N–H and O–H groups in total. The van der Waals surface area contributed by atoms with Crippen LogP contribution in [0.25, 0.3) is 44.8 Å². The van der Waals surface area contributed by atoms with E-state index < -0.39 is 34.4 Å². The minimum atomic E-state index is -1.08. The number of aliphatic carboxylic acids is 1. The summed E-state index contributed by atoms with van der Waals surface area (Å²) in [7, 11) is 5.70. The van der Waals surface area contributed by atoms with Crippen molar-refractivity contribution in [1.82, 2.24) is 47.3 Å². The first-order valence-corrected chi connectivity index (χ1v) is 25.9. The quantitative estimate of drug-likeness (QED) is 0.107. The highest BCUT2D eigenvalue weighted by atomic mass is 127. The zero-order valence-electron chi connectivity index (χ0n) is 43.0. The van der Waals surface area contributed by atoms with Crippen LogP contribution in [0.15, 0.2) is 79.0 Å². The van der Waals surface area contributed by atoms with Gasteiger partial charge >= 0.3 is 17.3 Å². The monoisotopic (exact) mass is 1300 g/mol. The smallest absolute Gasteiger partial charge is 0.332 e. The first kappa shape index (κ1) is 61.0. The van der Waals surface area contributed by atoms with E-state index in [2.05, 4.69) is 48.9 Å². The molecular weight excluding hydrogens is 1250 g/mol. The van der Waals surface area contributed by atoms with Gasteiger partial charge in [-0.25, -0.2) is 38.3 Å². The van der Waals surface area contributed by atoms with E-state index in [4.69, 9.17) is 12.2 Å². The van der Waals surface area contributed by atoms with Gasteiger partial charge in [-0.15, -0.1) is 39.7 Å². The van der Waals surface area contributed by atoms with Gasteiger partial charge in [0.25, 0.3) is 11.1 Å². The molecule has 1 amide bonds. The van der Waals surface area contributed by atoms with Crippen LogP contribution in [-0.4, -0.2) is 94.4 Å². The number of nitrogens with zero attached hydrogens (tertiary/aromatic N) is 12. The van der Waals surface area contributed by atoms with Gasteiger partial charge in [0.05, 0.1) is 35.4 Å². The molecule has 76 heavy (non-hydrogen) atoms. The molecule has 2 saturated heterocycles. The van der Waals surface area contributed by atoms with E-state index in [-0.39, 0.29) is 91.0 Å². The van der Waals surface area contributed by atoms with Crippen LogP contribution in [0.4, 0.5) is 30.4 Å². The van der Waals surface area contributed by atoms with Crippen molar-refractivity contribution in [2.24, 2.45) is 28.2 Å². The number of rotatable bonds is 9. The average Bonchev–Trinajstić information content (AvgIpc) is 4.25. The molecule has 2 aromatic carbocycles. The predicted molar refractivity (Wildman–Crippen MR) is 319 cm³/mol. The molecule has 410 valence electrons. The molecule has 6 aromatic heterocycles. The third-order valence-electron chi connectivity index (χ3n) is 12.5. The van der Waals surface area contributed by atoms with Gasteiger partial charge in [-0.3, -0.25) is 37.4 Å². The Bertz CT molecular complexity index is 3640. The van der Waals surface area contributed by atoms with Crippen molar-refractivity contribution in [3.63, 3.8) is 0 Å². The molecular formula is C47H58BrF2IN14O7S4. The number of carboxylic acid groups (broad SMARTS) is 1. The molecule has 2 atom stereocenters. The van der Waals surface area contributed by atoms with Crippen molar-refractivity contribution in [2.45, 2.75) is 64.7 Å². The highest BCUT2D eigenvalue weighted by Crippen LogP contribution is 2.34. The molecule has 2 fully saturated rings. The van der Waals surface area contributed by atoms with Gasteiger partial charge in [0.1, 0.15) is 24.7 Å². The van der Waals surface area contributed by atoms with Gasteiger partial charge in [0, 0.05) is 76.6 Å². The summed E-state index contributed by atoms with van der Waals surface area (Å²) >= 11 is 4.55. The Balaban J connectivity index is 0.000000259. The fourth-order valence-electron chi connectivity index (χ4n) is 8.76. The number of carbonyl (C=O) groups excluding carboxylic acids is 1. The topological polar surface area (TPSA) is 248 Å². The zero-order chi connectivity index (χ0) is 53.7. The van der Waals surface area contributed by atoms with Crippen molar-refractivity contribution < 1.29 is 24.8 Å². The lowest BCUT2D eigenvalue weighted by molar-refractivity contribution is -0.137. The second-order valence-electron chi connectivity index (χ2n) is 17.3. The van der Waals surface area contributed by atoms with Crippen molar-refractivity contribution in [2.75, 3.05) is 38.8 Å². The largest absolute Gasteiger partial charge is 0.480 e. The summed E-state index contributed by atoms with van der Waals surface area (Å²) in [6.45, 7) is 5.46. The molecule has 2 aliphatic heterocycles. The number of halogens is 4. The summed E-state index contributed by atoms with van der Waals surface area (Å²) in [4.78, 5) is 92.7. The van der Waals surface area contributed by atoms with E-state index in [9.17, 15) is 37.5 Å². The van der Waals surface area contributed by atoms with Crippen LogP contribution in [-0.2, 0) is 50.9 Å². The molecule has 10 rings (SSSR count). The lowest BCUT2D eigenvalue weighted by Gasteiger charge is -2.24. The number of fused-ring (bicyclic) bond motifs is 2. The molecule has 29 heteroatoms. The van der Waals surface area contributed by atoms with E-state index in [1.165, 1.54) is 87.9 Å². The molecule has 2 aliphatic rings. The Labute approximate surface area is 481 Å². The predicted octanol–water partition coefficient (Wildman–Crippen LogP) is 6.22. The van der Waals surface area contributed by atoms with E-state index >= 15 is 0 Å². The number of nitrogens with one attached hydrogen (secondary N) is 1. The number of benzene rings is 2. The lowest BCUT2D eigenvalue weighted by atomic mass is 10.1. The highest BCUT2D eigenvalue weighted by Gasteiger charge is 2.25. The maximum atomic E-state index is 14.8. The Morgan fingerprint density at radius 2 is 1.18 bits per heavy atom. The molecule has 0 saturated carbocycles. The molecule has 0 aliphatic carbocycles. The summed E-state index contributed by atoms with van der Waals surface area (Å²) in [5.41, 5.74) is 8.17. The number of anilines is 4. The van der Waals surface area contributed by atoms with Crippen LogP contribution in [0.3, 0.4) is 0 Å². The number of imidazole rings is 2. The van der Waals surface area contributed by atoms with Crippen LogP contribution in [0.5, 0.6) is 0 Å². The van der Waals surface area contributed by atoms with Crippen LogP contribution < -0.4 is 43.3 Å². The van der Waals surface area contributed by atoms with Crippen molar-refractivity contribution in [3.8, 4) is 22.5 Å². The number of hydrogen-bond acceptors (Lipinski definition) is 15. The number of hydrogen-bond donors (Lipinski definition) is 3. The maximum absolute atomic E-state index is 14.8. The number of thiazole rings is 2. The number of carboxylic acids is 1. The second kappa shape index (κ2) is 26.9. The van der Waals surface area contributed by atoms with Crippen LogP contribution >= 0.6 is 89.2 Å². The Kier molecular flexibility index (Phi) is 21.6. The molecule has 0 radical (unpaired) electrons. The van der Waals surface area contributed by atoms with Crippen LogP contribution in [0.2, 0.25) is 0 Å². The number of aryl methyl sites for hydroxylation is 2. The lowest BCUT2D eigenvalue weighted by Crippen LogP contribution is -2.37. The SMILES string of the molecule is Br.C[C@H]1CCCN1c1ccc(-c2csc(N)n2)cc1F.C[C@H]1CCCN1c1ccc(-c2csc(NC(=O)Cn3cnc4c3c(=O)n(C)c(=O)n4C)n2)cc1F.Cn1c(=O)c2c(ncn2CC(=O)O)n(C)c1=O.S.S.[2H]CI. The fraction of sp³-hybridized carbons (Fsp3) is 0.362.